The zero-order valence-electron chi connectivity index (χ0n) is 12.7. The number of thiophene rings is 1. The van der Waals surface area contributed by atoms with Gasteiger partial charge in [-0.05, 0) is 35.2 Å². The minimum absolute atomic E-state index is 0.108. The first kappa shape index (κ1) is 16.4. The van der Waals surface area contributed by atoms with Crippen LogP contribution in [0.2, 0.25) is 5.02 Å². The van der Waals surface area contributed by atoms with Crippen LogP contribution in [-0.2, 0) is 17.8 Å². The molecule has 2 aromatic heterocycles. The second-order valence-corrected chi connectivity index (χ2v) is 6.49. The number of rotatable bonds is 6. The number of hydrogen-bond donors (Lipinski definition) is 2. The lowest BCUT2D eigenvalue weighted by atomic mass is 10.2. The minimum Gasteiger partial charge on any atom is -0.364 e. The van der Waals surface area contributed by atoms with Crippen molar-refractivity contribution in [3.05, 3.63) is 69.4 Å². The van der Waals surface area contributed by atoms with E-state index in [0.29, 0.717) is 29.6 Å². The van der Waals surface area contributed by atoms with Crippen molar-refractivity contribution in [1.82, 2.24) is 10.2 Å². The van der Waals surface area contributed by atoms with Crippen LogP contribution in [0.3, 0.4) is 0 Å². The third-order valence-corrected chi connectivity index (χ3v) is 4.51. The summed E-state index contributed by atoms with van der Waals surface area (Å²) in [5.41, 5.74) is 0.981. The summed E-state index contributed by atoms with van der Waals surface area (Å²) in [5, 5.41) is 16.6. The number of nitrogens with one attached hydrogen (secondary N) is 2. The van der Waals surface area contributed by atoms with Gasteiger partial charge in [-0.25, -0.2) is 0 Å². The molecule has 1 amide bonds. The molecule has 1 aromatic carbocycles. The molecule has 0 aliphatic heterocycles. The molecule has 122 valence electrons. The Bertz CT molecular complexity index is 806. The molecule has 3 rings (SSSR count). The Morgan fingerprint density at radius 1 is 1.04 bits per heavy atom. The first-order valence-electron chi connectivity index (χ1n) is 7.34. The molecule has 3 aromatic rings. The zero-order valence-corrected chi connectivity index (χ0v) is 14.3. The van der Waals surface area contributed by atoms with Crippen LogP contribution in [0.4, 0.5) is 11.6 Å². The van der Waals surface area contributed by atoms with Crippen LogP contribution in [0.1, 0.15) is 10.4 Å². The van der Waals surface area contributed by atoms with E-state index >= 15 is 0 Å². The quantitative estimate of drug-likeness (QED) is 0.699. The summed E-state index contributed by atoms with van der Waals surface area (Å²) in [6.45, 7) is 0.554. The number of carbonyl (C=O) groups is 1. The fourth-order valence-corrected chi connectivity index (χ4v) is 2.99. The van der Waals surface area contributed by atoms with Crippen molar-refractivity contribution in [2.45, 2.75) is 13.0 Å². The fraction of sp³-hybridized carbons (Fsp3) is 0.118. The van der Waals surface area contributed by atoms with Gasteiger partial charge in [0.2, 0.25) is 5.91 Å². The molecule has 0 spiro atoms. The predicted octanol–water partition coefficient (Wildman–Crippen LogP) is 3.98. The lowest BCUT2D eigenvalue weighted by Crippen LogP contribution is -2.15. The lowest BCUT2D eigenvalue weighted by molar-refractivity contribution is -0.115. The fourth-order valence-electron chi connectivity index (χ4n) is 2.08. The molecule has 0 saturated heterocycles. The Labute approximate surface area is 148 Å². The molecule has 7 heteroatoms. The summed E-state index contributed by atoms with van der Waals surface area (Å²) >= 11 is 7.66. The highest BCUT2D eigenvalue weighted by atomic mass is 35.5. The Morgan fingerprint density at radius 2 is 1.83 bits per heavy atom. The van der Waals surface area contributed by atoms with Crippen LogP contribution < -0.4 is 10.6 Å². The lowest BCUT2D eigenvalue weighted by Gasteiger charge is -2.07. The molecule has 0 unspecified atom stereocenters. The average molecular weight is 359 g/mol. The van der Waals surface area contributed by atoms with Gasteiger partial charge in [0.15, 0.2) is 5.82 Å². The van der Waals surface area contributed by atoms with Crippen molar-refractivity contribution in [2.75, 3.05) is 10.6 Å². The van der Waals surface area contributed by atoms with E-state index in [-0.39, 0.29) is 5.91 Å². The maximum atomic E-state index is 11.9. The number of hydrogen-bond acceptors (Lipinski definition) is 5. The normalized spacial score (nSPS) is 10.4. The number of nitrogens with zero attached hydrogens (tertiary/aromatic N) is 2. The highest BCUT2D eigenvalue weighted by Gasteiger charge is 2.06. The second kappa shape index (κ2) is 7.90. The number of halogens is 1. The maximum Gasteiger partial charge on any atom is 0.230 e. The Kier molecular flexibility index (Phi) is 5.40. The van der Waals surface area contributed by atoms with E-state index in [1.807, 2.05) is 41.8 Å². The van der Waals surface area contributed by atoms with Crippen molar-refractivity contribution in [3.8, 4) is 0 Å². The van der Waals surface area contributed by atoms with Gasteiger partial charge in [-0.15, -0.1) is 21.5 Å². The van der Waals surface area contributed by atoms with Gasteiger partial charge in [0.25, 0.3) is 0 Å². The topological polar surface area (TPSA) is 66.9 Å². The van der Waals surface area contributed by atoms with Crippen LogP contribution >= 0.6 is 22.9 Å². The molecular weight excluding hydrogens is 344 g/mol. The van der Waals surface area contributed by atoms with E-state index in [0.717, 1.165) is 10.4 Å². The van der Waals surface area contributed by atoms with E-state index in [1.165, 1.54) is 0 Å². The van der Waals surface area contributed by atoms with Gasteiger partial charge < -0.3 is 10.6 Å². The van der Waals surface area contributed by atoms with Crippen molar-refractivity contribution in [1.29, 1.82) is 0 Å². The van der Waals surface area contributed by atoms with E-state index < -0.39 is 0 Å². The van der Waals surface area contributed by atoms with Crippen LogP contribution in [0.15, 0.2) is 53.9 Å². The summed E-state index contributed by atoms with van der Waals surface area (Å²) in [4.78, 5) is 12.9. The largest absolute Gasteiger partial charge is 0.364 e. The van der Waals surface area contributed by atoms with Crippen molar-refractivity contribution < 1.29 is 4.79 Å². The number of amides is 1. The SMILES string of the molecule is O=C(Cc1cccs1)Nc1ccc(NCc2ccccc2Cl)nn1. The molecule has 24 heavy (non-hydrogen) atoms. The van der Waals surface area contributed by atoms with Crippen LogP contribution in [0.5, 0.6) is 0 Å². The maximum absolute atomic E-state index is 11.9. The number of aromatic nitrogens is 2. The first-order valence-corrected chi connectivity index (χ1v) is 8.60. The van der Waals surface area contributed by atoms with Gasteiger partial charge in [-0.3, -0.25) is 4.79 Å². The van der Waals surface area contributed by atoms with E-state index in [4.69, 9.17) is 11.6 Å². The van der Waals surface area contributed by atoms with Gasteiger partial charge in [0.1, 0.15) is 5.82 Å². The van der Waals surface area contributed by atoms with Crippen LogP contribution in [0.25, 0.3) is 0 Å². The van der Waals surface area contributed by atoms with Crippen LogP contribution in [0, 0.1) is 0 Å². The van der Waals surface area contributed by atoms with Gasteiger partial charge >= 0.3 is 0 Å². The molecule has 0 atom stereocenters. The second-order valence-electron chi connectivity index (χ2n) is 5.05. The summed E-state index contributed by atoms with van der Waals surface area (Å²) in [5.74, 6) is 0.939. The zero-order chi connectivity index (χ0) is 16.8. The molecule has 0 aliphatic rings. The highest BCUT2D eigenvalue weighted by Crippen LogP contribution is 2.16. The number of carbonyl (C=O) groups excluding carboxylic acids is 1. The van der Waals surface area contributed by atoms with Crippen molar-refractivity contribution in [2.24, 2.45) is 0 Å². The van der Waals surface area contributed by atoms with Gasteiger partial charge in [-0.2, -0.15) is 0 Å². The van der Waals surface area contributed by atoms with Gasteiger partial charge in [0, 0.05) is 16.4 Å². The Balaban J connectivity index is 1.53. The third kappa shape index (κ3) is 4.53. The smallest absolute Gasteiger partial charge is 0.230 e. The molecule has 0 bridgehead atoms. The molecule has 2 heterocycles. The minimum atomic E-state index is -0.108. The Morgan fingerprint density at radius 3 is 2.54 bits per heavy atom. The summed E-state index contributed by atoms with van der Waals surface area (Å²) in [7, 11) is 0. The molecule has 0 fully saturated rings. The van der Waals surface area contributed by atoms with Gasteiger partial charge in [-0.1, -0.05) is 35.9 Å². The van der Waals surface area contributed by atoms with E-state index in [9.17, 15) is 4.79 Å². The predicted molar refractivity (Wildman–Crippen MR) is 97.5 cm³/mol. The molecule has 5 nitrogen and oxygen atoms in total. The highest BCUT2D eigenvalue weighted by molar-refractivity contribution is 7.10. The molecule has 0 saturated carbocycles. The van der Waals surface area contributed by atoms with Crippen molar-refractivity contribution in [3.63, 3.8) is 0 Å². The monoisotopic (exact) mass is 358 g/mol. The van der Waals surface area contributed by atoms with Crippen molar-refractivity contribution >= 4 is 40.5 Å². The molecule has 0 radical (unpaired) electrons. The standard InChI is InChI=1S/C17H15ClN4OS/c18-14-6-2-1-4-12(14)11-19-15-7-8-16(22-21-15)20-17(23)10-13-5-3-9-24-13/h1-9H,10-11H2,(H,19,21)(H,20,22,23). The number of benzene rings is 1. The molecule has 2 N–H and O–H groups in total. The molecule has 0 aliphatic carbocycles. The molecular formula is C17H15ClN4OS. The summed E-state index contributed by atoms with van der Waals surface area (Å²) in [6.07, 6.45) is 0.339. The third-order valence-electron chi connectivity index (χ3n) is 3.26. The van der Waals surface area contributed by atoms with E-state index in [2.05, 4.69) is 20.8 Å². The van der Waals surface area contributed by atoms with E-state index in [1.54, 1.807) is 23.5 Å². The first-order chi connectivity index (χ1) is 11.7. The summed E-state index contributed by atoms with van der Waals surface area (Å²) < 4.78 is 0. The van der Waals surface area contributed by atoms with Gasteiger partial charge in [0.05, 0.1) is 6.42 Å². The average Bonchev–Trinajstić information content (AvgIpc) is 3.08. The summed E-state index contributed by atoms with van der Waals surface area (Å²) in [6, 6.07) is 14.9. The van der Waals surface area contributed by atoms with Crippen LogP contribution in [-0.4, -0.2) is 16.1 Å². The number of anilines is 2. The Hall–Kier alpha value is -2.44.